The number of phenols is 1. The summed E-state index contributed by atoms with van der Waals surface area (Å²) >= 11 is 0.919. The Morgan fingerprint density at radius 1 is 1.39 bits per heavy atom. The van der Waals surface area contributed by atoms with Gasteiger partial charge in [-0.3, -0.25) is 0 Å². The van der Waals surface area contributed by atoms with Gasteiger partial charge in [-0.1, -0.05) is 11.8 Å². The number of carboxylic acids is 1. The van der Waals surface area contributed by atoms with Crippen LogP contribution in [0.1, 0.15) is 6.92 Å². The van der Waals surface area contributed by atoms with Crippen molar-refractivity contribution in [2.24, 2.45) is 0 Å². The summed E-state index contributed by atoms with van der Waals surface area (Å²) < 4.78 is 5.30. The fraction of sp³-hybridized carbons (Fsp3) is 0.182. The molecule has 0 bridgehead atoms. The van der Waals surface area contributed by atoms with Crippen LogP contribution >= 0.6 is 11.8 Å². The highest BCUT2D eigenvalue weighted by Crippen LogP contribution is 2.26. The maximum absolute atomic E-state index is 10.6. The third kappa shape index (κ3) is 2.80. The highest BCUT2D eigenvalue weighted by Gasteiger charge is 2.13. The largest absolute Gasteiger partial charge is 0.549 e. The Morgan fingerprint density at radius 3 is 2.67 bits per heavy atom. The van der Waals surface area contributed by atoms with Crippen LogP contribution in [-0.2, 0) is 4.79 Å². The Kier molecular flexibility index (Phi) is 3.52. The van der Waals surface area contributed by atoms with Crippen LogP contribution in [0.4, 0.5) is 0 Å². The number of aromatic hydroxyl groups is 1. The van der Waals surface area contributed by atoms with Crippen molar-refractivity contribution in [2.75, 3.05) is 0 Å². The number of carbonyl (C=O) groups excluding carboxylic acids is 1. The lowest BCUT2D eigenvalue weighted by Crippen LogP contribution is -2.31. The summed E-state index contributed by atoms with van der Waals surface area (Å²) in [6, 6.07) is 6.24. The van der Waals surface area contributed by atoms with E-state index in [1.165, 1.54) is 19.1 Å². The van der Waals surface area contributed by atoms with Gasteiger partial charge in [-0.25, -0.2) is 0 Å². The van der Waals surface area contributed by atoms with Crippen molar-refractivity contribution in [1.82, 2.24) is 10.2 Å². The number of carbonyl (C=O) groups is 1. The molecular formula is C11H9N2O4S-. The molecule has 94 valence electrons. The first-order valence-corrected chi connectivity index (χ1v) is 5.94. The number of carboxylic acid groups (broad SMARTS) is 1. The summed E-state index contributed by atoms with van der Waals surface area (Å²) in [5.41, 5.74) is 0.647. The molecule has 18 heavy (non-hydrogen) atoms. The molecule has 1 heterocycles. The van der Waals surface area contributed by atoms with Crippen LogP contribution in [-0.4, -0.2) is 26.5 Å². The van der Waals surface area contributed by atoms with Gasteiger partial charge in [0.1, 0.15) is 5.75 Å². The number of aliphatic carboxylic acids is 1. The molecule has 0 unspecified atom stereocenters. The minimum absolute atomic E-state index is 0.137. The molecule has 1 aromatic heterocycles. The van der Waals surface area contributed by atoms with E-state index in [-0.39, 0.29) is 16.9 Å². The minimum atomic E-state index is -1.19. The van der Waals surface area contributed by atoms with Gasteiger partial charge in [0.2, 0.25) is 5.89 Å². The second-order valence-corrected chi connectivity index (χ2v) is 4.79. The molecule has 1 aromatic carbocycles. The van der Waals surface area contributed by atoms with Crippen molar-refractivity contribution in [2.45, 2.75) is 17.4 Å². The monoisotopic (exact) mass is 265 g/mol. The molecule has 0 saturated heterocycles. The number of hydrogen-bond acceptors (Lipinski definition) is 7. The summed E-state index contributed by atoms with van der Waals surface area (Å²) in [4.78, 5) is 10.6. The number of benzene rings is 1. The van der Waals surface area contributed by atoms with Crippen molar-refractivity contribution in [3.8, 4) is 17.2 Å². The van der Waals surface area contributed by atoms with E-state index in [1.54, 1.807) is 12.1 Å². The van der Waals surface area contributed by atoms with Gasteiger partial charge < -0.3 is 19.4 Å². The van der Waals surface area contributed by atoms with Crippen LogP contribution in [0.5, 0.6) is 5.75 Å². The van der Waals surface area contributed by atoms with Crippen molar-refractivity contribution in [1.29, 1.82) is 0 Å². The molecule has 2 aromatic rings. The predicted octanol–water partition coefficient (Wildman–Crippen LogP) is 0.673. The maximum atomic E-state index is 10.6. The van der Waals surface area contributed by atoms with Gasteiger partial charge in [-0.05, 0) is 31.2 Å². The number of phenolic OH excluding ortho intramolecular Hbond substituents is 1. The molecule has 0 radical (unpaired) electrons. The molecule has 2 rings (SSSR count). The van der Waals surface area contributed by atoms with Crippen molar-refractivity contribution in [3.63, 3.8) is 0 Å². The Hall–Kier alpha value is -2.02. The summed E-state index contributed by atoms with van der Waals surface area (Å²) in [7, 11) is 0. The number of aromatic nitrogens is 2. The number of rotatable bonds is 4. The van der Waals surface area contributed by atoms with E-state index in [2.05, 4.69) is 10.2 Å². The normalized spacial score (nSPS) is 12.3. The molecule has 0 spiro atoms. The standard InChI is InChI=1S/C11H10N2O4S/c1-6(10(15)16)18-11-13-12-9(17-11)7-2-4-8(14)5-3-7/h2-6,14H,1H3,(H,15,16)/p-1/t6-/m0/s1. The second kappa shape index (κ2) is 5.09. The van der Waals surface area contributed by atoms with Gasteiger partial charge in [0.05, 0.1) is 11.2 Å². The Morgan fingerprint density at radius 2 is 2.06 bits per heavy atom. The molecule has 0 aliphatic rings. The van der Waals surface area contributed by atoms with Gasteiger partial charge >= 0.3 is 0 Å². The van der Waals surface area contributed by atoms with Crippen LogP contribution in [0.25, 0.3) is 11.5 Å². The molecule has 0 fully saturated rings. The van der Waals surface area contributed by atoms with Crippen molar-refractivity contribution in [3.05, 3.63) is 24.3 Å². The highest BCUT2D eigenvalue weighted by molar-refractivity contribution is 8.00. The number of nitrogens with zero attached hydrogens (tertiary/aromatic N) is 2. The molecule has 7 heteroatoms. The zero-order valence-electron chi connectivity index (χ0n) is 9.36. The smallest absolute Gasteiger partial charge is 0.277 e. The third-order valence-corrected chi connectivity index (χ3v) is 3.04. The van der Waals surface area contributed by atoms with Crippen molar-refractivity contribution >= 4 is 17.7 Å². The lowest BCUT2D eigenvalue weighted by Gasteiger charge is -2.07. The quantitative estimate of drug-likeness (QED) is 0.811. The minimum Gasteiger partial charge on any atom is -0.549 e. The van der Waals surface area contributed by atoms with Gasteiger partial charge in [0.15, 0.2) is 0 Å². The summed E-state index contributed by atoms with van der Waals surface area (Å²) in [5.74, 6) is -0.786. The van der Waals surface area contributed by atoms with Gasteiger partial charge in [-0.15, -0.1) is 10.2 Å². The Bertz CT molecular complexity index is 552. The molecule has 0 aliphatic heterocycles. The SMILES string of the molecule is C[C@H](Sc1nnc(-c2ccc(O)cc2)o1)C(=O)[O-]. The van der Waals surface area contributed by atoms with E-state index in [1.807, 2.05) is 0 Å². The average molecular weight is 265 g/mol. The van der Waals surface area contributed by atoms with Crippen LogP contribution in [0.3, 0.4) is 0 Å². The summed E-state index contributed by atoms with van der Waals surface area (Å²) in [6.07, 6.45) is 0. The topological polar surface area (TPSA) is 99.3 Å². The molecule has 0 amide bonds. The van der Waals surface area contributed by atoms with Crippen LogP contribution in [0.15, 0.2) is 33.9 Å². The first kappa shape index (κ1) is 12.4. The first-order valence-electron chi connectivity index (χ1n) is 5.06. The number of thioether (sulfide) groups is 1. The zero-order chi connectivity index (χ0) is 13.1. The van der Waals surface area contributed by atoms with Crippen molar-refractivity contribution < 1.29 is 19.4 Å². The van der Waals surface area contributed by atoms with E-state index < -0.39 is 11.2 Å². The molecule has 1 N–H and O–H groups in total. The molecule has 0 saturated carbocycles. The molecule has 1 atom stereocenters. The van der Waals surface area contributed by atoms with E-state index in [0.717, 1.165) is 11.8 Å². The van der Waals surface area contributed by atoms with E-state index in [9.17, 15) is 9.90 Å². The molecule has 6 nitrogen and oxygen atoms in total. The van der Waals surface area contributed by atoms with Crippen LogP contribution in [0, 0.1) is 0 Å². The Balaban J connectivity index is 2.15. The fourth-order valence-electron chi connectivity index (χ4n) is 1.18. The summed E-state index contributed by atoms with van der Waals surface area (Å²) in [5, 5.41) is 26.6. The average Bonchev–Trinajstić information content (AvgIpc) is 2.78. The van der Waals surface area contributed by atoms with E-state index in [0.29, 0.717) is 5.56 Å². The Labute approximate surface area is 107 Å². The molecule has 0 aliphatic carbocycles. The highest BCUT2D eigenvalue weighted by atomic mass is 32.2. The second-order valence-electron chi connectivity index (χ2n) is 3.50. The lowest BCUT2D eigenvalue weighted by atomic mass is 10.2. The number of hydrogen-bond donors (Lipinski definition) is 1. The van der Waals surface area contributed by atoms with Gasteiger partial charge in [0, 0.05) is 5.56 Å². The maximum Gasteiger partial charge on any atom is 0.277 e. The summed E-state index contributed by atoms with van der Waals surface area (Å²) in [6.45, 7) is 1.48. The zero-order valence-corrected chi connectivity index (χ0v) is 10.2. The third-order valence-electron chi connectivity index (χ3n) is 2.13. The first-order chi connectivity index (χ1) is 8.56. The fourth-order valence-corrected chi connectivity index (χ4v) is 1.79. The predicted molar refractivity (Wildman–Crippen MR) is 61.7 cm³/mol. The molecular weight excluding hydrogens is 256 g/mol. The van der Waals surface area contributed by atoms with Crippen LogP contribution in [0.2, 0.25) is 0 Å². The lowest BCUT2D eigenvalue weighted by molar-refractivity contribution is -0.304. The van der Waals surface area contributed by atoms with E-state index >= 15 is 0 Å². The van der Waals surface area contributed by atoms with Crippen LogP contribution < -0.4 is 5.11 Å². The van der Waals surface area contributed by atoms with Gasteiger partial charge in [0.25, 0.3) is 5.22 Å². The van der Waals surface area contributed by atoms with E-state index in [4.69, 9.17) is 9.52 Å². The van der Waals surface area contributed by atoms with Gasteiger partial charge in [-0.2, -0.15) is 0 Å².